The van der Waals surface area contributed by atoms with Crippen LogP contribution in [0.15, 0.2) is 24.3 Å². The van der Waals surface area contributed by atoms with Crippen molar-refractivity contribution < 1.29 is 14.3 Å². The van der Waals surface area contributed by atoms with Crippen molar-refractivity contribution in [1.82, 2.24) is 10.2 Å². The minimum Gasteiger partial charge on any atom is -0.497 e. The highest BCUT2D eigenvalue weighted by molar-refractivity contribution is 5.89. The zero-order valence-corrected chi connectivity index (χ0v) is 16.6. The van der Waals surface area contributed by atoms with Crippen LogP contribution >= 0.6 is 0 Å². The summed E-state index contributed by atoms with van der Waals surface area (Å²) in [6.07, 6.45) is 2.17. The van der Waals surface area contributed by atoms with Gasteiger partial charge in [0, 0.05) is 19.0 Å². The lowest BCUT2D eigenvalue weighted by Crippen LogP contribution is -2.39. The molecule has 0 spiro atoms. The first-order valence-corrected chi connectivity index (χ1v) is 9.64. The van der Waals surface area contributed by atoms with Gasteiger partial charge in [0.25, 0.3) is 0 Å². The van der Waals surface area contributed by atoms with Crippen molar-refractivity contribution >= 4 is 11.8 Å². The van der Waals surface area contributed by atoms with E-state index >= 15 is 0 Å². The van der Waals surface area contributed by atoms with Gasteiger partial charge >= 0.3 is 0 Å². The van der Waals surface area contributed by atoms with Crippen LogP contribution < -0.4 is 10.1 Å². The number of methoxy groups -OCH3 is 1. The number of benzene rings is 1. The molecule has 0 radical (unpaired) electrons. The molecular weight excluding hydrogens is 328 g/mol. The highest BCUT2D eigenvalue weighted by atomic mass is 16.5. The molecule has 2 rings (SSSR count). The van der Waals surface area contributed by atoms with Crippen LogP contribution in [0.1, 0.15) is 58.6 Å². The van der Waals surface area contributed by atoms with Crippen LogP contribution in [0.2, 0.25) is 0 Å². The number of amides is 2. The van der Waals surface area contributed by atoms with Gasteiger partial charge in [0.1, 0.15) is 5.75 Å². The molecule has 1 heterocycles. The largest absolute Gasteiger partial charge is 0.497 e. The normalized spacial score (nSPS) is 18.5. The predicted octanol–water partition coefficient (Wildman–Crippen LogP) is 3.55. The minimum absolute atomic E-state index is 0.0266. The van der Waals surface area contributed by atoms with E-state index in [1.165, 1.54) is 0 Å². The molecule has 1 fully saturated rings. The molecular formula is C21H32N2O3. The lowest BCUT2D eigenvalue weighted by Gasteiger charge is -2.27. The smallest absolute Gasteiger partial charge is 0.225 e. The fraction of sp³-hybridized carbons (Fsp3) is 0.619. The van der Waals surface area contributed by atoms with E-state index in [1.807, 2.05) is 29.2 Å². The third kappa shape index (κ3) is 4.57. The number of hydrogen-bond acceptors (Lipinski definition) is 3. The maximum Gasteiger partial charge on any atom is 0.225 e. The van der Waals surface area contributed by atoms with Gasteiger partial charge in [-0.25, -0.2) is 0 Å². The Kier molecular flexibility index (Phi) is 7.06. The van der Waals surface area contributed by atoms with Crippen molar-refractivity contribution in [3.05, 3.63) is 29.8 Å². The van der Waals surface area contributed by atoms with E-state index in [2.05, 4.69) is 33.0 Å². The molecule has 5 nitrogen and oxygen atoms in total. The predicted molar refractivity (Wildman–Crippen MR) is 103 cm³/mol. The molecule has 1 saturated heterocycles. The molecule has 2 unspecified atom stereocenters. The Morgan fingerprint density at radius 1 is 1.23 bits per heavy atom. The van der Waals surface area contributed by atoms with Crippen molar-refractivity contribution in [3.63, 3.8) is 0 Å². The van der Waals surface area contributed by atoms with Crippen molar-refractivity contribution in [3.8, 4) is 5.75 Å². The Labute approximate surface area is 157 Å². The Bertz CT molecular complexity index is 608. The molecule has 0 bridgehead atoms. The summed E-state index contributed by atoms with van der Waals surface area (Å²) in [6, 6.07) is 7.95. The van der Waals surface area contributed by atoms with Crippen LogP contribution in [0.4, 0.5) is 0 Å². The van der Waals surface area contributed by atoms with Crippen LogP contribution in [-0.4, -0.2) is 36.4 Å². The van der Waals surface area contributed by atoms with Gasteiger partial charge < -0.3 is 15.0 Å². The number of carbonyl (C=O) groups is 2. The van der Waals surface area contributed by atoms with Crippen molar-refractivity contribution in [2.75, 3.05) is 13.7 Å². The lowest BCUT2D eigenvalue weighted by molar-refractivity contribution is -0.130. The fourth-order valence-corrected chi connectivity index (χ4v) is 3.71. The number of carbonyl (C=O) groups excluding carboxylic acids is 2. The molecule has 1 N–H and O–H groups in total. The van der Waals surface area contributed by atoms with Crippen molar-refractivity contribution in [2.24, 2.45) is 11.8 Å². The summed E-state index contributed by atoms with van der Waals surface area (Å²) in [5, 5.41) is 3.17. The van der Waals surface area contributed by atoms with E-state index in [1.54, 1.807) is 7.11 Å². The average molecular weight is 360 g/mol. The number of rotatable bonds is 8. The highest BCUT2D eigenvalue weighted by Gasteiger charge is 2.37. The number of hydrogen-bond donors (Lipinski definition) is 1. The summed E-state index contributed by atoms with van der Waals surface area (Å²) in [7, 11) is 1.64. The zero-order chi connectivity index (χ0) is 19.3. The number of nitrogens with zero attached hydrogens (tertiary/aromatic N) is 1. The first-order valence-electron chi connectivity index (χ1n) is 9.64. The molecule has 26 heavy (non-hydrogen) atoms. The number of ether oxygens (including phenoxy) is 1. The van der Waals surface area contributed by atoms with Gasteiger partial charge in [-0.1, -0.05) is 39.8 Å². The van der Waals surface area contributed by atoms with Crippen molar-refractivity contribution in [1.29, 1.82) is 0 Å². The molecule has 1 aliphatic heterocycles. The standard InChI is InChI=1S/C21H32N2O3/c1-6-17(7-2)23-13-16(12-19(23)24)21(25)22-20(14(3)4)15-8-10-18(26-5)11-9-15/h8-11,14,16-17,20H,6-7,12-13H2,1-5H3,(H,22,25). The second-order valence-corrected chi connectivity index (χ2v) is 7.42. The zero-order valence-electron chi connectivity index (χ0n) is 16.6. The molecule has 2 amide bonds. The van der Waals surface area contributed by atoms with Crippen LogP contribution in [0.3, 0.4) is 0 Å². The summed E-state index contributed by atoms with van der Waals surface area (Å²) >= 11 is 0. The highest BCUT2D eigenvalue weighted by Crippen LogP contribution is 2.27. The maximum absolute atomic E-state index is 12.8. The molecule has 1 aliphatic rings. The quantitative estimate of drug-likeness (QED) is 0.771. The first-order chi connectivity index (χ1) is 12.4. The van der Waals surface area contributed by atoms with E-state index < -0.39 is 0 Å². The summed E-state index contributed by atoms with van der Waals surface area (Å²) in [5.74, 6) is 0.859. The van der Waals surface area contributed by atoms with Gasteiger partial charge in [-0.15, -0.1) is 0 Å². The number of nitrogens with one attached hydrogen (secondary N) is 1. The van der Waals surface area contributed by atoms with Crippen LogP contribution in [-0.2, 0) is 9.59 Å². The maximum atomic E-state index is 12.8. The third-order valence-electron chi connectivity index (χ3n) is 5.35. The van der Waals surface area contributed by atoms with Crippen LogP contribution in [0.25, 0.3) is 0 Å². The third-order valence-corrected chi connectivity index (χ3v) is 5.35. The van der Waals surface area contributed by atoms with Crippen LogP contribution in [0.5, 0.6) is 5.75 Å². The van der Waals surface area contributed by atoms with Gasteiger partial charge in [0.05, 0.1) is 19.1 Å². The monoisotopic (exact) mass is 360 g/mol. The Hall–Kier alpha value is -2.04. The molecule has 2 atom stereocenters. The molecule has 1 aromatic rings. The summed E-state index contributed by atoms with van der Waals surface area (Å²) in [4.78, 5) is 27.1. The lowest BCUT2D eigenvalue weighted by atomic mass is 9.95. The average Bonchev–Trinajstić information content (AvgIpc) is 3.02. The fourth-order valence-electron chi connectivity index (χ4n) is 3.71. The molecule has 144 valence electrons. The Morgan fingerprint density at radius 3 is 2.35 bits per heavy atom. The van der Waals surface area contributed by atoms with E-state index in [-0.39, 0.29) is 35.7 Å². The molecule has 0 aromatic heterocycles. The summed E-state index contributed by atoms with van der Waals surface area (Å²) in [5.41, 5.74) is 1.05. The second kappa shape index (κ2) is 9.06. The van der Waals surface area contributed by atoms with E-state index in [0.717, 1.165) is 24.2 Å². The van der Waals surface area contributed by atoms with E-state index in [0.29, 0.717) is 13.0 Å². The molecule has 1 aromatic carbocycles. The Balaban J connectivity index is 2.07. The van der Waals surface area contributed by atoms with Gasteiger partial charge in [-0.2, -0.15) is 0 Å². The van der Waals surface area contributed by atoms with Gasteiger partial charge in [-0.05, 0) is 36.5 Å². The molecule has 0 saturated carbocycles. The number of likely N-dealkylation sites (tertiary alicyclic amines) is 1. The van der Waals surface area contributed by atoms with Gasteiger partial charge in [-0.3, -0.25) is 9.59 Å². The molecule has 0 aliphatic carbocycles. The molecule has 5 heteroatoms. The van der Waals surface area contributed by atoms with Gasteiger partial charge in [0.15, 0.2) is 0 Å². The minimum atomic E-state index is -0.261. The van der Waals surface area contributed by atoms with Crippen LogP contribution in [0, 0.1) is 11.8 Å². The Morgan fingerprint density at radius 2 is 1.85 bits per heavy atom. The topological polar surface area (TPSA) is 58.6 Å². The summed E-state index contributed by atoms with van der Waals surface area (Å²) in [6.45, 7) is 8.89. The van der Waals surface area contributed by atoms with Gasteiger partial charge in [0.2, 0.25) is 11.8 Å². The van der Waals surface area contributed by atoms with E-state index in [4.69, 9.17) is 4.74 Å². The second-order valence-electron chi connectivity index (χ2n) is 7.42. The first kappa shape index (κ1) is 20.3. The van der Waals surface area contributed by atoms with Crippen molar-refractivity contribution in [2.45, 2.75) is 59.0 Å². The van der Waals surface area contributed by atoms with E-state index in [9.17, 15) is 9.59 Å². The SMILES string of the molecule is CCC(CC)N1CC(C(=O)NC(c2ccc(OC)cc2)C(C)C)CC1=O. The summed E-state index contributed by atoms with van der Waals surface area (Å²) < 4.78 is 5.21.